The molecule has 150 valence electrons. The Balaban J connectivity index is 1.64. The van der Waals surface area contributed by atoms with Crippen molar-refractivity contribution in [2.24, 2.45) is 0 Å². The molecule has 1 heterocycles. The molecule has 1 aromatic heterocycles. The normalized spacial score (nSPS) is 11.7. The van der Waals surface area contributed by atoms with Gasteiger partial charge in [0.25, 0.3) is 0 Å². The topological polar surface area (TPSA) is 71.2 Å². The number of aryl methyl sites for hydroxylation is 1. The minimum Gasteiger partial charge on any atom is -0.456 e. The third-order valence-corrected chi connectivity index (χ3v) is 5.02. The molecule has 3 rings (SSSR count). The van der Waals surface area contributed by atoms with Crippen LogP contribution in [0.5, 0.6) is 0 Å². The van der Waals surface area contributed by atoms with E-state index in [4.69, 9.17) is 4.74 Å². The lowest BCUT2D eigenvalue weighted by molar-refractivity contribution is -0.121. The van der Waals surface area contributed by atoms with Crippen LogP contribution < -0.4 is 5.32 Å². The van der Waals surface area contributed by atoms with Crippen LogP contribution in [-0.4, -0.2) is 16.9 Å². The minimum atomic E-state index is -0.418. The summed E-state index contributed by atoms with van der Waals surface area (Å²) in [5, 5.41) is 3.02. The van der Waals surface area contributed by atoms with Crippen molar-refractivity contribution in [1.29, 1.82) is 0 Å². The van der Waals surface area contributed by atoms with Crippen molar-refractivity contribution in [3.8, 4) is 0 Å². The van der Waals surface area contributed by atoms with E-state index in [2.05, 4.69) is 10.3 Å². The largest absolute Gasteiger partial charge is 0.456 e. The average molecular weight is 390 g/mol. The van der Waals surface area contributed by atoms with Gasteiger partial charge in [-0.1, -0.05) is 60.7 Å². The smallest absolute Gasteiger partial charge is 0.355 e. The molecular formula is C24H26N2O3. The zero-order chi connectivity index (χ0) is 20.8. The van der Waals surface area contributed by atoms with Gasteiger partial charge < -0.3 is 15.0 Å². The molecule has 3 aromatic rings. The van der Waals surface area contributed by atoms with Gasteiger partial charge in [0.15, 0.2) is 0 Å². The molecule has 2 aromatic carbocycles. The monoisotopic (exact) mass is 390 g/mol. The van der Waals surface area contributed by atoms with E-state index in [9.17, 15) is 9.59 Å². The molecule has 2 N–H and O–H groups in total. The van der Waals surface area contributed by atoms with Gasteiger partial charge in [-0.25, -0.2) is 4.79 Å². The van der Waals surface area contributed by atoms with Crippen molar-refractivity contribution >= 4 is 11.9 Å². The zero-order valence-corrected chi connectivity index (χ0v) is 17.0. The maximum Gasteiger partial charge on any atom is 0.355 e. The highest BCUT2D eigenvalue weighted by molar-refractivity contribution is 5.90. The Labute approximate surface area is 171 Å². The Bertz CT molecular complexity index is 978. The van der Waals surface area contributed by atoms with Crippen molar-refractivity contribution < 1.29 is 14.3 Å². The molecule has 5 nitrogen and oxygen atoms in total. The first-order valence-corrected chi connectivity index (χ1v) is 9.69. The fraction of sp³-hybridized carbons (Fsp3) is 0.250. The number of benzene rings is 2. The fourth-order valence-electron chi connectivity index (χ4n) is 3.33. The Morgan fingerprint density at radius 3 is 2.28 bits per heavy atom. The highest BCUT2D eigenvalue weighted by Gasteiger charge is 2.21. The number of nitrogens with one attached hydrogen (secondary N) is 2. The minimum absolute atomic E-state index is 0.0847. The number of ether oxygens (including phenoxy) is 1. The molecular weight excluding hydrogens is 364 g/mol. The maximum atomic E-state index is 12.5. The van der Waals surface area contributed by atoms with Gasteiger partial charge in [0.1, 0.15) is 12.3 Å². The van der Waals surface area contributed by atoms with Crippen LogP contribution in [0.15, 0.2) is 60.7 Å². The van der Waals surface area contributed by atoms with Crippen LogP contribution in [0.2, 0.25) is 0 Å². The van der Waals surface area contributed by atoms with Crippen LogP contribution in [0.3, 0.4) is 0 Å². The van der Waals surface area contributed by atoms with E-state index in [1.807, 2.05) is 81.4 Å². The number of aromatic nitrogens is 1. The Kier molecular flexibility index (Phi) is 6.50. The molecule has 29 heavy (non-hydrogen) atoms. The Morgan fingerprint density at radius 1 is 1.00 bits per heavy atom. The Morgan fingerprint density at radius 2 is 1.62 bits per heavy atom. The van der Waals surface area contributed by atoms with Gasteiger partial charge >= 0.3 is 5.97 Å². The van der Waals surface area contributed by atoms with Crippen LogP contribution in [0.1, 0.15) is 51.4 Å². The van der Waals surface area contributed by atoms with Gasteiger partial charge in [-0.05, 0) is 43.0 Å². The lowest BCUT2D eigenvalue weighted by Gasteiger charge is -2.14. The highest BCUT2D eigenvalue weighted by Crippen LogP contribution is 2.20. The number of carbonyl (C=O) groups is 2. The number of H-pyrrole nitrogens is 1. The number of esters is 1. The molecule has 1 amide bonds. The molecule has 0 bridgehead atoms. The van der Waals surface area contributed by atoms with Crippen LogP contribution in [0, 0.1) is 13.8 Å². The molecule has 0 unspecified atom stereocenters. The number of rotatable bonds is 7. The van der Waals surface area contributed by atoms with Crippen molar-refractivity contribution in [3.63, 3.8) is 0 Å². The molecule has 0 radical (unpaired) electrons. The van der Waals surface area contributed by atoms with Gasteiger partial charge in [0.2, 0.25) is 5.91 Å². The summed E-state index contributed by atoms with van der Waals surface area (Å²) in [6, 6.07) is 19.3. The van der Waals surface area contributed by atoms with Crippen LogP contribution in [0.4, 0.5) is 0 Å². The molecule has 0 aliphatic heterocycles. The van der Waals surface area contributed by atoms with E-state index < -0.39 is 5.97 Å². The van der Waals surface area contributed by atoms with Crippen molar-refractivity contribution in [2.45, 2.75) is 39.8 Å². The van der Waals surface area contributed by atoms with E-state index in [1.54, 1.807) is 0 Å². The van der Waals surface area contributed by atoms with Gasteiger partial charge in [0.05, 0.1) is 12.5 Å². The maximum absolute atomic E-state index is 12.5. The lowest BCUT2D eigenvalue weighted by atomic mass is 10.0. The van der Waals surface area contributed by atoms with E-state index in [-0.39, 0.29) is 25.0 Å². The summed E-state index contributed by atoms with van der Waals surface area (Å²) < 4.78 is 5.42. The summed E-state index contributed by atoms with van der Waals surface area (Å²) in [4.78, 5) is 28.1. The first-order valence-electron chi connectivity index (χ1n) is 9.69. The van der Waals surface area contributed by atoms with Crippen LogP contribution in [0.25, 0.3) is 0 Å². The molecule has 0 aliphatic carbocycles. The van der Waals surface area contributed by atoms with Gasteiger partial charge in [-0.2, -0.15) is 0 Å². The molecule has 1 atom stereocenters. The van der Waals surface area contributed by atoms with Crippen molar-refractivity contribution in [2.75, 3.05) is 0 Å². The first kappa shape index (κ1) is 20.4. The fourth-order valence-corrected chi connectivity index (χ4v) is 3.33. The summed E-state index contributed by atoms with van der Waals surface area (Å²) in [5.74, 6) is -0.505. The number of aromatic amines is 1. The first-order chi connectivity index (χ1) is 14.0. The van der Waals surface area contributed by atoms with Crippen LogP contribution >= 0.6 is 0 Å². The van der Waals surface area contributed by atoms with E-state index in [0.717, 1.165) is 27.9 Å². The van der Waals surface area contributed by atoms with Crippen LogP contribution in [-0.2, 0) is 22.6 Å². The number of hydrogen-bond donors (Lipinski definition) is 2. The second kappa shape index (κ2) is 9.24. The van der Waals surface area contributed by atoms with Crippen molar-refractivity contribution in [3.05, 3.63) is 94.3 Å². The number of amides is 1. The summed E-state index contributed by atoms with van der Waals surface area (Å²) in [5.41, 5.74) is 4.76. The van der Waals surface area contributed by atoms with Gasteiger partial charge in [0, 0.05) is 5.69 Å². The number of carbonyl (C=O) groups excluding carboxylic acids is 2. The van der Waals surface area contributed by atoms with Gasteiger partial charge in [-0.3, -0.25) is 4.79 Å². The van der Waals surface area contributed by atoms with Gasteiger partial charge in [-0.15, -0.1) is 0 Å². The van der Waals surface area contributed by atoms with E-state index >= 15 is 0 Å². The second-order valence-electron chi connectivity index (χ2n) is 7.17. The molecule has 0 saturated heterocycles. The second-order valence-corrected chi connectivity index (χ2v) is 7.17. The van der Waals surface area contributed by atoms with E-state index in [1.165, 1.54) is 0 Å². The quantitative estimate of drug-likeness (QED) is 0.587. The summed E-state index contributed by atoms with van der Waals surface area (Å²) in [6.45, 7) is 5.87. The average Bonchev–Trinajstić information content (AvgIpc) is 3.01. The van der Waals surface area contributed by atoms with E-state index in [0.29, 0.717) is 5.69 Å². The third kappa shape index (κ3) is 5.13. The zero-order valence-electron chi connectivity index (χ0n) is 17.0. The predicted molar refractivity (Wildman–Crippen MR) is 113 cm³/mol. The summed E-state index contributed by atoms with van der Waals surface area (Å²) in [7, 11) is 0. The molecule has 0 saturated carbocycles. The molecule has 5 heteroatoms. The third-order valence-electron chi connectivity index (χ3n) is 5.02. The Hall–Kier alpha value is -3.34. The lowest BCUT2D eigenvalue weighted by Crippen LogP contribution is -2.28. The van der Waals surface area contributed by atoms with Crippen molar-refractivity contribution in [1.82, 2.24) is 10.3 Å². The molecule has 0 spiro atoms. The molecule has 0 fully saturated rings. The predicted octanol–water partition coefficient (Wildman–Crippen LogP) is 4.41. The number of hydrogen-bond acceptors (Lipinski definition) is 3. The standard InChI is InChI=1S/C24H26N2O3/c1-16-21(14-22(27)25-17(2)20-12-8-5-9-13-20)18(3)26-23(16)24(28)29-15-19-10-6-4-7-11-19/h4-13,17,26H,14-15H2,1-3H3,(H,25,27)/t17-/m0/s1. The SMILES string of the molecule is Cc1[nH]c(C(=O)OCc2ccccc2)c(C)c1CC(=O)N[C@@H](C)c1ccccc1. The summed E-state index contributed by atoms with van der Waals surface area (Å²) >= 11 is 0. The summed E-state index contributed by atoms with van der Waals surface area (Å²) in [6.07, 6.45) is 0.206. The highest BCUT2D eigenvalue weighted by atomic mass is 16.5. The molecule has 0 aliphatic rings.